The van der Waals surface area contributed by atoms with Gasteiger partial charge in [-0.2, -0.15) is 5.10 Å². The van der Waals surface area contributed by atoms with Crippen LogP contribution in [0.5, 0.6) is 0 Å². The zero-order valence-corrected chi connectivity index (χ0v) is 11.0. The highest BCUT2D eigenvalue weighted by atomic mass is 15.1. The third-order valence-electron chi connectivity index (χ3n) is 3.51. The third kappa shape index (κ3) is 3.82. The Labute approximate surface area is 104 Å². The van der Waals surface area contributed by atoms with Gasteiger partial charge in [-0.15, -0.1) is 0 Å². The number of aromatic amines is 1. The topological polar surface area (TPSA) is 44.0 Å². The monoisotopic (exact) mass is 236 g/mol. The lowest BCUT2D eigenvalue weighted by molar-refractivity contribution is 0.282. The summed E-state index contributed by atoms with van der Waals surface area (Å²) in [5.41, 5.74) is 2.45. The van der Waals surface area contributed by atoms with Gasteiger partial charge >= 0.3 is 0 Å². The maximum Gasteiger partial charge on any atom is 0.0535 e. The Morgan fingerprint density at radius 3 is 2.88 bits per heavy atom. The number of aromatic nitrogens is 2. The average molecular weight is 236 g/mol. The van der Waals surface area contributed by atoms with Gasteiger partial charge in [-0.25, -0.2) is 0 Å². The van der Waals surface area contributed by atoms with E-state index in [4.69, 9.17) is 0 Å². The maximum atomic E-state index is 4.03. The van der Waals surface area contributed by atoms with Crippen LogP contribution in [0, 0.1) is 12.8 Å². The van der Waals surface area contributed by atoms with Crippen molar-refractivity contribution in [3.63, 3.8) is 0 Å². The summed E-state index contributed by atoms with van der Waals surface area (Å²) in [6.07, 6.45) is 4.68. The van der Waals surface area contributed by atoms with Gasteiger partial charge in [-0.1, -0.05) is 6.92 Å². The summed E-state index contributed by atoms with van der Waals surface area (Å²) in [4.78, 5) is 2.58. The van der Waals surface area contributed by atoms with E-state index < -0.39 is 0 Å². The molecular weight excluding hydrogens is 212 g/mol. The molecule has 0 aromatic carbocycles. The molecule has 96 valence electrons. The molecule has 1 atom stereocenters. The first-order chi connectivity index (χ1) is 8.25. The molecule has 0 bridgehead atoms. The summed E-state index contributed by atoms with van der Waals surface area (Å²) in [6.45, 7) is 10.2. The SMILES string of the molecule is Cc1[nH]ncc1CNCC(C)CN1CCCC1. The fourth-order valence-corrected chi connectivity index (χ4v) is 2.48. The van der Waals surface area contributed by atoms with Gasteiger partial charge in [0.1, 0.15) is 0 Å². The van der Waals surface area contributed by atoms with E-state index in [0.717, 1.165) is 19.0 Å². The molecule has 1 unspecified atom stereocenters. The van der Waals surface area contributed by atoms with Gasteiger partial charge < -0.3 is 10.2 Å². The predicted octanol–water partition coefficient (Wildman–Crippen LogP) is 1.54. The lowest BCUT2D eigenvalue weighted by atomic mass is 10.1. The number of nitrogens with zero attached hydrogens (tertiary/aromatic N) is 2. The van der Waals surface area contributed by atoms with E-state index in [-0.39, 0.29) is 0 Å². The molecule has 0 aliphatic carbocycles. The van der Waals surface area contributed by atoms with E-state index in [2.05, 4.69) is 34.3 Å². The molecule has 0 amide bonds. The molecule has 0 spiro atoms. The van der Waals surface area contributed by atoms with Gasteiger partial charge in [0, 0.05) is 24.3 Å². The van der Waals surface area contributed by atoms with Gasteiger partial charge in [-0.3, -0.25) is 5.10 Å². The normalized spacial score (nSPS) is 18.7. The average Bonchev–Trinajstić information content (AvgIpc) is 2.91. The Hall–Kier alpha value is -0.870. The zero-order chi connectivity index (χ0) is 12.1. The summed E-state index contributed by atoms with van der Waals surface area (Å²) in [5, 5.41) is 10.5. The number of H-pyrrole nitrogens is 1. The van der Waals surface area contributed by atoms with Crippen molar-refractivity contribution in [1.82, 2.24) is 20.4 Å². The molecule has 1 fully saturated rings. The second-order valence-corrected chi connectivity index (χ2v) is 5.26. The number of likely N-dealkylation sites (tertiary alicyclic amines) is 1. The minimum atomic E-state index is 0.723. The minimum absolute atomic E-state index is 0.723. The van der Waals surface area contributed by atoms with E-state index in [1.807, 2.05) is 6.20 Å². The van der Waals surface area contributed by atoms with E-state index in [0.29, 0.717) is 0 Å². The predicted molar refractivity (Wildman–Crippen MR) is 69.9 cm³/mol. The van der Waals surface area contributed by atoms with E-state index in [1.165, 1.54) is 43.7 Å². The Morgan fingerprint density at radius 1 is 1.47 bits per heavy atom. The van der Waals surface area contributed by atoms with Crippen LogP contribution in [-0.2, 0) is 6.54 Å². The second kappa shape index (κ2) is 6.17. The first-order valence-corrected chi connectivity index (χ1v) is 6.67. The van der Waals surface area contributed by atoms with Crippen molar-refractivity contribution in [2.75, 3.05) is 26.2 Å². The zero-order valence-electron chi connectivity index (χ0n) is 11.0. The first-order valence-electron chi connectivity index (χ1n) is 6.67. The van der Waals surface area contributed by atoms with Crippen molar-refractivity contribution in [1.29, 1.82) is 0 Å². The van der Waals surface area contributed by atoms with Crippen LogP contribution >= 0.6 is 0 Å². The van der Waals surface area contributed by atoms with Crippen molar-refractivity contribution in [2.45, 2.75) is 33.2 Å². The van der Waals surface area contributed by atoms with Gasteiger partial charge in [0.25, 0.3) is 0 Å². The summed E-state index contributed by atoms with van der Waals surface area (Å²) >= 11 is 0. The molecule has 2 heterocycles. The lowest BCUT2D eigenvalue weighted by Crippen LogP contribution is -2.31. The fraction of sp³-hybridized carbons (Fsp3) is 0.769. The molecule has 0 radical (unpaired) electrons. The number of aryl methyl sites for hydroxylation is 1. The Bertz CT molecular complexity index is 328. The Balaban J connectivity index is 1.62. The van der Waals surface area contributed by atoms with Crippen molar-refractivity contribution < 1.29 is 0 Å². The van der Waals surface area contributed by atoms with Crippen LogP contribution in [0.4, 0.5) is 0 Å². The Kier molecular flexibility index (Phi) is 4.57. The standard InChI is InChI=1S/C13H24N4/c1-11(10-17-5-3-4-6-17)7-14-8-13-9-15-16-12(13)2/h9,11,14H,3-8,10H2,1-2H3,(H,15,16). The van der Waals surface area contributed by atoms with Crippen LogP contribution in [0.25, 0.3) is 0 Å². The molecule has 1 aromatic heterocycles. The smallest absolute Gasteiger partial charge is 0.0535 e. The van der Waals surface area contributed by atoms with Crippen LogP contribution in [-0.4, -0.2) is 41.3 Å². The highest BCUT2D eigenvalue weighted by molar-refractivity contribution is 5.13. The molecule has 1 saturated heterocycles. The minimum Gasteiger partial charge on any atom is -0.312 e. The number of nitrogens with one attached hydrogen (secondary N) is 2. The van der Waals surface area contributed by atoms with Gasteiger partial charge in [0.05, 0.1) is 6.20 Å². The summed E-state index contributed by atoms with van der Waals surface area (Å²) in [6, 6.07) is 0. The van der Waals surface area contributed by atoms with Crippen LogP contribution < -0.4 is 5.32 Å². The van der Waals surface area contributed by atoms with Gasteiger partial charge in [0.15, 0.2) is 0 Å². The lowest BCUT2D eigenvalue weighted by Gasteiger charge is -2.20. The van der Waals surface area contributed by atoms with Crippen LogP contribution in [0.1, 0.15) is 31.0 Å². The highest BCUT2D eigenvalue weighted by Crippen LogP contribution is 2.10. The highest BCUT2D eigenvalue weighted by Gasteiger charge is 2.14. The molecule has 0 saturated carbocycles. The van der Waals surface area contributed by atoms with Crippen molar-refractivity contribution in [3.05, 3.63) is 17.5 Å². The summed E-state index contributed by atoms with van der Waals surface area (Å²) in [5.74, 6) is 0.723. The largest absolute Gasteiger partial charge is 0.312 e. The van der Waals surface area contributed by atoms with Crippen LogP contribution in [0.2, 0.25) is 0 Å². The quantitative estimate of drug-likeness (QED) is 0.787. The number of hydrogen-bond donors (Lipinski definition) is 2. The van der Waals surface area contributed by atoms with Crippen molar-refractivity contribution in [3.8, 4) is 0 Å². The maximum absolute atomic E-state index is 4.03. The van der Waals surface area contributed by atoms with Crippen LogP contribution in [0.15, 0.2) is 6.20 Å². The van der Waals surface area contributed by atoms with E-state index in [1.54, 1.807) is 0 Å². The van der Waals surface area contributed by atoms with Crippen molar-refractivity contribution >= 4 is 0 Å². The molecule has 1 aliphatic rings. The van der Waals surface area contributed by atoms with Crippen LogP contribution in [0.3, 0.4) is 0 Å². The number of rotatable bonds is 6. The van der Waals surface area contributed by atoms with Crippen molar-refractivity contribution in [2.24, 2.45) is 5.92 Å². The molecular formula is C13H24N4. The molecule has 1 aromatic rings. The second-order valence-electron chi connectivity index (χ2n) is 5.26. The number of hydrogen-bond acceptors (Lipinski definition) is 3. The van der Waals surface area contributed by atoms with E-state index >= 15 is 0 Å². The van der Waals surface area contributed by atoms with E-state index in [9.17, 15) is 0 Å². The molecule has 2 N–H and O–H groups in total. The Morgan fingerprint density at radius 2 is 2.24 bits per heavy atom. The van der Waals surface area contributed by atoms with Gasteiger partial charge in [-0.05, 0) is 45.3 Å². The summed E-state index contributed by atoms with van der Waals surface area (Å²) < 4.78 is 0. The molecule has 1 aliphatic heterocycles. The molecule has 4 nitrogen and oxygen atoms in total. The summed E-state index contributed by atoms with van der Waals surface area (Å²) in [7, 11) is 0. The van der Waals surface area contributed by atoms with Gasteiger partial charge in [0.2, 0.25) is 0 Å². The molecule has 17 heavy (non-hydrogen) atoms. The molecule has 4 heteroatoms. The third-order valence-corrected chi connectivity index (χ3v) is 3.51. The molecule has 2 rings (SSSR count). The fourth-order valence-electron chi connectivity index (χ4n) is 2.48. The first kappa shape index (κ1) is 12.6.